The van der Waals surface area contributed by atoms with Gasteiger partial charge in [-0.1, -0.05) is 11.8 Å². The Hall–Kier alpha value is -0.0300. The van der Waals surface area contributed by atoms with Crippen LogP contribution in [0.1, 0.15) is 13.3 Å². The van der Waals surface area contributed by atoms with E-state index < -0.39 is 0 Å². The number of hydrogen-bond acceptors (Lipinski definition) is 4. The van der Waals surface area contributed by atoms with Crippen LogP contribution in [0, 0.1) is 5.92 Å². The molecule has 0 amide bonds. The van der Waals surface area contributed by atoms with Crippen molar-refractivity contribution in [1.82, 2.24) is 0 Å². The Labute approximate surface area is 86.0 Å². The van der Waals surface area contributed by atoms with Crippen LogP contribution in [0.25, 0.3) is 0 Å². The summed E-state index contributed by atoms with van der Waals surface area (Å²) in [5, 5.41) is 0.100. The first-order valence-corrected chi connectivity index (χ1v) is 4.55. The number of ether oxygens (including phenoxy) is 1. The van der Waals surface area contributed by atoms with E-state index in [2.05, 4.69) is 0 Å². The molecule has 0 aromatic carbocycles. The maximum atomic E-state index is 11.0. The lowest BCUT2D eigenvalue weighted by molar-refractivity contribution is -0.147. The lowest BCUT2D eigenvalue weighted by Crippen LogP contribution is -3.00. The summed E-state index contributed by atoms with van der Waals surface area (Å²) in [6.45, 7) is 2.16. The highest BCUT2D eigenvalue weighted by atomic mass is 79.9. The first kappa shape index (κ1) is 12.0. The molecule has 1 fully saturated rings. The monoisotopic (exact) mass is 253 g/mol. The van der Waals surface area contributed by atoms with E-state index in [9.17, 15) is 9.59 Å². The summed E-state index contributed by atoms with van der Waals surface area (Å²) in [6.07, 6.45) is 0.351. The Morgan fingerprint density at radius 3 is 2.83 bits per heavy atom. The molecule has 0 unspecified atom stereocenters. The van der Waals surface area contributed by atoms with Crippen LogP contribution in [0.2, 0.25) is 0 Å². The molecule has 12 heavy (non-hydrogen) atoms. The van der Waals surface area contributed by atoms with Gasteiger partial charge in [0.15, 0.2) is 5.12 Å². The lowest BCUT2D eigenvalue weighted by atomic mass is 10.1. The van der Waals surface area contributed by atoms with E-state index in [-0.39, 0.29) is 34.0 Å². The van der Waals surface area contributed by atoms with E-state index in [4.69, 9.17) is 4.74 Å². The second kappa shape index (κ2) is 5.59. The van der Waals surface area contributed by atoms with Crippen LogP contribution in [-0.2, 0) is 14.3 Å². The molecule has 1 aliphatic heterocycles. The van der Waals surface area contributed by atoms with Crippen molar-refractivity contribution in [3.8, 4) is 0 Å². The van der Waals surface area contributed by atoms with Gasteiger partial charge in [0.25, 0.3) is 0 Å². The minimum absolute atomic E-state index is 0. The van der Waals surface area contributed by atoms with E-state index in [0.717, 1.165) is 0 Å². The van der Waals surface area contributed by atoms with Gasteiger partial charge in [-0.3, -0.25) is 9.59 Å². The molecule has 5 heteroatoms. The minimum atomic E-state index is -0.231. The number of halogens is 1. The van der Waals surface area contributed by atoms with Crippen LogP contribution in [0.15, 0.2) is 0 Å². The molecule has 0 bridgehead atoms. The molecule has 0 aromatic heterocycles. The molecule has 1 aliphatic rings. The molecule has 0 N–H and O–H groups in total. The van der Waals surface area contributed by atoms with Gasteiger partial charge >= 0.3 is 5.97 Å². The first-order valence-electron chi connectivity index (χ1n) is 3.56. The highest BCUT2D eigenvalue weighted by molar-refractivity contribution is 8.14. The summed E-state index contributed by atoms with van der Waals surface area (Å²) < 4.78 is 4.77. The van der Waals surface area contributed by atoms with Crippen molar-refractivity contribution in [1.29, 1.82) is 0 Å². The van der Waals surface area contributed by atoms with Crippen LogP contribution < -0.4 is 17.0 Å². The molecule has 1 saturated heterocycles. The fraction of sp³-hybridized carbons (Fsp3) is 0.714. The fourth-order valence-corrected chi connectivity index (χ4v) is 1.88. The molecule has 3 nitrogen and oxygen atoms in total. The number of esters is 1. The fourth-order valence-electron chi connectivity index (χ4n) is 0.924. The summed E-state index contributed by atoms with van der Waals surface area (Å²) >= 11 is 1.22. The zero-order valence-corrected chi connectivity index (χ0v) is 9.11. The van der Waals surface area contributed by atoms with Gasteiger partial charge in [0.1, 0.15) is 0 Å². The van der Waals surface area contributed by atoms with Crippen molar-refractivity contribution in [2.45, 2.75) is 13.3 Å². The maximum absolute atomic E-state index is 11.0. The molecule has 0 aromatic rings. The van der Waals surface area contributed by atoms with Gasteiger partial charge in [0.05, 0.1) is 12.5 Å². The third-order valence-corrected chi connectivity index (χ3v) is 2.54. The number of thioether (sulfide) groups is 1. The molecule has 0 radical (unpaired) electrons. The van der Waals surface area contributed by atoms with Gasteiger partial charge in [-0.15, -0.1) is 0 Å². The van der Waals surface area contributed by atoms with Gasteiger partial charge in [-0.2, -0.15) is 0 Å². The third-order valence-electron chi connectivity index (χ3n) is 1.48. The standard InChI is InChI=1S/C7H10O3S.BrH/c1-2-10-7(9)5-3-6(8)11-4-5;/h5H,2-4H2,1H3;1H/p-1/t5-;/m0./s1. The highest BCUT2D eigenvalue weighted by Gasteiger charge is 2.29. The van der Waals surface area contributed by atoms with Gasteiger partial charge in [0.2, 0.25) is 0 Å². The van der Waals surface area contributed by atoms with Crippen LogP contribution in [0.4, 0.5) is 0 Å². The van der Waals surface area contributed by atoms with Gasteiger partial charge < -0.3 is 21.7 Å². The number of carbonyl (C=O) groups excluding carboxylic acids is 2. The van der Waals surface area contributed by atoms with Crippen molar-refractivity contribution in [2.75, 3.05) is 12.4 Å². The zero-order valence-electron chi connectivity index (χ0n) is 6.71. The van der Waals surface area contributed by atoms with Crippen molar-refractivity contribution in [3.05, 3.63) is 0 Å². The maximum Gasteiger partial charge on any atom is 0.310 e. The Balaban J connectivity index is 0.00000121. The molecule has 1 rings (SSSR count). The Kier molecular flexibility index (Phi) is 5.57. The second-order valence-electron chi connectivity index (χ2n) is 2.34. The molecule has 70 valence electrons. The summed E-state index contributed by atoms with van der Waals surface area (Å²) in [7, 11) is 0. The largest absolute Gasteiger partial charge is 1.00 e. The second-order valence-corrected chi connectivity index (χ2v) is 3.41. The number of rotatable bonds is 2. The normalized spacial score (nSPS) is 21.8. The Bertz CT molecular complexity index is 183. The van der Waals surface area contributed by atoms with E-state index in [1.807, 2.05) is 0 Å². The van der Waals surface area contributed by atoms with Gasteiger partial charge in [-0.05, 0) is 6.92 Å². The quantitative estimate of drug-likeness (QED) is 0.526. The number of carbonyl (C=O) groups is 2. The van der Waals surface area contributed by atoms with E-state index >= 15 is 0 Å². The van der Waals surface area contributed by atoms with Crippen molar-refractivity contribution in [3.63, 3.8) is 0 Å². The average Bonchev–Trinajstić information content (AvgIpc) is 2.36. The van der Waals surface area contributed by atoms with Crippen molar-refractivity contribution >= 4 is 22.8 Å². The van der Waals surface area contributed by atoms with Crippen LogP contribution >= 0.6 is 11.8 Å². The molecular weight excluding hydrogens is 244 g/mol. The van der Waals surface area contributed by atoms with Crippen LogP contribution in [0.5, 0.6) is 0 Å². The molecule has 0 aliphatic carbocycles. The number of hydrogen-bond donors (Lipinski definition) is 0. The van der Waals surface area contributed by atoms with Crippen LogP contribution in [-0.4, -0.2) is 23.4 Å². The minimum Gasteiger partial charge on any atom is -1.00 e. The highest BCUT2D eigenvalue weighted by Crippen LogP contribution is 2.25. The zero-order chi connectivity index (χ0) is 8.27. The van der Waals surface area contributed by atoms with E-state index in [1.165, 1.54) is 11.8 Å². The molecular formula is C7H10BrO3S-. The average molecular weight is 254 g/mol. The molecule has 1 heterocycles. The molecule has 1 atom stereocenters. The Morgan fingerprint density at radius 2 is 2.42 bits per heavy atom. The third kappa shape index (κ3) is 3.15. The van der Waals surface area contributed by atoms with E-state index in [0.29, 0.717) is 18.8 Å². The van der Waals surface area contributed by atoms with E-state index in [1.54, 1.807) is 6.92 Å². The van der Waals surface area contributed by atoms with Gasteiger partial charge in [0, 0.05) is 12.2 Å². The summed E-state index contributed by atoms with van der Waals surface area (Å²) in [5.41, 5.74) is 0. The molecule has 0 spiro atoms. The lowest BCUT2D eigenvalue weighted by Gasteiger charge is -2.04. The summed E-state index contributed by atoms with van der Waals surface area (Å²) in [4.78, 5) is 21.7. The topological polar surface area (TPSA) is 43.4 Å². The summed E-state index contributed by atoms with van der Waals surface area (Å²) in [6, 6.07) is 0. The summed E-state index contributed by atoms with van der Waals surface area (Å²) in [5.74, 6) is 0.177. The molecule has 0 saturated carbocycles. The van der Waals surface area contributed by atoms with Crippen LogP contribution in [0.3, 0.4) is 0 Å². The predicted molar refractivity (Wildman–Crippen MR) is 42.2 cm³/mol. The van der Waals surface area contributed by atoms with Crippen molar-refractivity contribution < 1.29 is 31.3 Å². The van der Waals surface area contributed by atoms with Gasteiger partial charge in [-0.25, -0.2) is 0 Å². The predicted octanol–water partition coefficient (Wildman–Crippen LogP) is -2.17. The smallest absolute Gasteiger partial charge is 0.310 e. The van der Waals surface area contributed by atoms with Crippen molar-refractivity contribution in [2.24, 2.45) is 5.92 Å². The SMILES string of the molecule is CCOC(=O)[C@@H]1CSC(=O)C1.[Br-]. The first-order chi connectivity index (χ1) is 5.24. The Morgan fingerprint density at radius 1 is 1.75 bits per heavy atom.